The van der Waals surface area contributed by atoms with Crippen molar-refractivity contribution in [3.8, 4) is 0 Å². The number of nitro groups is 1. The van der Waals surface area contributed by atoms with E-state index in [0.717, 1.165) is 20.3 Å². The summed E-state index contributed by atoms with van der Waals surface area (Å²) in [7, 11) is 0. The molecule has 0 saturated heterocycles. The molecule has 0 unspecified atom stereocenters. The van der Waals surface area contributed by atoms with E-state index in [1.807, 2.05) is 18.2 Å². The molecule has 0 aliphatic heterocycles. The lowest BCUT2D eigenvalue weighted by Gasteiger charge is -2.08. The number of halogens is 1. The Morgan fingerprint density at radius 3 is 2.86 bits per heavy atom. The summed E-state index contributed by atoms with van der Waals surface area (Å²) < 4.78 is 0.738. The van der Waals surface area contributed by atoms with Gasteiger partial charge in [-0.15, -0.1) is 11.3 Å². The molecule has 0 amide bonds. The Morgan fingerprint density at radius 2 is 2.14 bits per heavy atom. The van der Waals surface area contributed by atoms with Gasteiger partial charge in [0.1, 0.15) is 5.52 Å². The van der Waals surface area contributed by atoms with Crippen molar-refractivity contribution in [2.45, 2.75) is 6.54 Å². The van der Waals surface area contributed by atoms with Gasteiger partial charge in [-0.1, -0.05) is 11.6 Å². The molecule has 0 aliphatic rings. The molecular formula is C14H10ClN3O2S. The first-order valence-electron chi connectivity index (χ1n) is 6.15. The molecule has 2 heterocycles. The molecule has 0 bridgehead atoms. The van der Waals surface area contributed by atoms with E-state index in [1.165, 1.54) is 17.4 Å². The summed E-state index contributed by atoms with van der Waals surface area (Å²) in [6.45, 7) is 0.610. The number of aromatic nitrogens is 1. The highest BCUT2D eigenvalue weighted by molar-refractivity contribution is 7.16. The standard InChI is InChI=1S/C14H10ClN3O2S/c15-13-6-3-9(21-13)8-17-11-4-5-12(18(19)20)14-10(11)2-1-7-16-14/h1-7,17H,8H2. The van der Waals surface area contributed by atoms with Crippen molar-refractivity contribution < 1.29 is 4.92 Å². The summed E-state index contributed by atoms with van der Waals surface area (Å²) in [4.78, 5) is 15.8. The molecule has 0 spiro atoms. The Hall–Kier alpha value is -2.18. The first-order chi connectivity index (χ1) is 10.1. The molecule has 1 N–H and O–H groups in total. The van der Waals surface area contributed by atoms with Crippen molar-refractivity contribution in [1.82, 2.24) is 4.98 Å². The highest BCUT2D eigenvalue weighted by Gasteiger charge is 2.15. The van der Waals surface area contributed by atoms with Crippen LogP contribution in [0.3, 0.4) is 0 Å². The third-order valence-electron chi connectivity index (χ3n) is 3.03. The normalized spacial score (nSPS) is 10.7. The predicted molar refractivity (Wildman–Crippen MR) is 85.1 cm³/mol. The van der Waals surface area contributed by atoms with Crippen LogP contribution in [0, 0.1) is 10.1 Å². The van der Waals surface area contributed by atoms with E-state index in [0.29, 0.717) is 12.1 Å². The van der Waals surface area contributed by atoms with Gasteiger partial charge in [0.2, 0.25) is 0 Å². The Morgan fingerprint density at radius 1 is 1.29 bits per heavy atom. The molecule has 106 valence electrons. The molecule has 0 radical (unpaired) electrons. The lowest BCUT2D eigenvalue weighted by Crippen LogP contribution is -2.00. The van der Waals surface area contributed by atoms with E-state index in [4.69, 9.17) is 11.6 Å². The maximum Gasteiger partial charge on any atom is 0.295 e. The predicted octanol–water partition coefficient (Wildman–Crippen LogP) is 4.47. The molecule has 0 fully saturated rings. The summed E-state index contributed by atoms with van der Waals surface area (Å²) in [5, 5.41) is 15.0. The van der Waals surface area contributed by atoms with Crippen LogP contribution in [-0.4, -0.2) is 9.91 Å². The van der Waals surface area contributed by atoms with Gasteiger partial charge in [-0.25, -0.2) is 4.98 Å². The van der Waals surface area contributed by atoms with Gasteiger partial charge < -0.3 is 5.32 Å². The Labute approximate surface area is 129 Å². The summed E-state index contributed by atoms with van der Waals surface area (Å²) in [6.07, 6.45) is 1.55. The number of anilines is 1. The van der Waals surface area contributed by atoms with Gasteiger partial charge in [0, 0.05) is 34.8 Å². The minimum absolute atomic E-state index is 0.00955. The number of hydrogen-bond acceptors (Lipinski definition) is 5. The topological polar surface area (TPSA) is 68.1 Å². The van der Waals surface area contributed by atoms with Crippen LogP contribution in [0.2, 0.25) is 4.34 Å². The van der Waals surface area contributed by atoms with Gasteiger partial charge >= 0.3 is 0 Å². The van der Waals surface area contributed by atoms with Crippen LogP contribution in [0.25, 0.3) is 10.9 Å². The van der Waals surface area contributed by atoms with E-state index in [1.54, 1.807) is 18.3 Å². The smallest absolute Gasteiger partial charge is 0.295 e. The zero-order valence-electron chi connectivity index (χ0n) is 10.7. The average Bonchev–Trinajstić information content (AvgIpc) is 2.90. The number of thiophene rings is 1. The number of hydrogen-bond donors (Lipinski definition) is 1. The molecule has 5 nitrogen and oxygen atoms in total. The second-order valence-electron chi connectivity index (χ2n) is 4.35. The fourth-order valence-corrected chi connectivity index (χ4v) is 3.12. The van der Waals surface area contributed by atoms with E-state index in [2.05, 4.69) is 10.3 Å². The largest absolute Gasteiger partial charge is 0.380 e. The van der Waals surface area contributed by atoms with Crippen molar-refractivity contribution in [2.24, 2.45) is 0 Å². The Kier molecular flexibility index (Phi) is 3.72. The van der Waals surface area contributed by atoms with Gasteiger partial charge in [0.05, 0.1) is 9.26 Å². The molecule has 7 heteroatoms. The van der Waals surface area contributed by atoms with Gasteiger partial charge in [0.15, 0.2) is 0 Å². The number of nitrogens with one attached hydrogen (secondary N) is 1. The van der Waals surface area contributed by atoms with E-state index < -0.39 is 4.92 Å². The lowest BCUT2D eigenvalue weighted by atomic mass is 10.1. The zero-order valence-corrected chi connectivity index (χ0v) is 12.3. The number of rotatable bonds is 4. The third kappa shape index (κ3) is 2.81. The van der Waals surface area contributed by atoms with E-state index in [9.17, 15) is 10.1 Å². The quantitative estimate of drug-likeness (QED) is 0.569. The SMILES string of the molecule is O=[N+]([O-])c1ccc(NCc2ccc(Cl)s2)c2cccnc12. The molecule has 3 rings (SSSR count). The number of fused-ring (bicyclic) bond motifs is 1. The summed E-state index contributed by atoms with van der Waals surface area (Å²) >= 11 is 7.40. The number of non-ortho nitro benzene ring substituents is 1. The molecule has 1 aromatic carbocycles. The van der Waals surface area contributed by atoms with Gasteiger partial charge in [-0.2, -0.15) is 0 Å². The highest BCUT2D eigenvalue weighted by Crippen LogP contribution is 2.30. The second kappa shape index (κ2) is 5.67. The maximum atomic E-state index is 11.0. The average molecular weight is 320 g/mol. The van der Waals surface area contributed by atoms with Crippen molar-refractivity contribution in [3.63, 3.8) is 0 Å². The summed E-state index contributed by atoms with van der Waals surface area (Å²) in [5.74, 6) is 0. The van der Waals surface area contributed by atoms with E-state index in [-0.39, 0.29) is 5.69 Å². The van der Waals surface area contributed by atoms with Crippen molar-refractivity contribution >= 4 is 45.2 Å². The van der Waals surface area contributed by atoms with Crippen LogP contribution in [0.1, 0.15) is 4.88 Å². The third-order valence-corrected chi connectivity index (χ3v) is 4.26. The number of benzene rings is 1. The number of pyridine rings is 1. The van der Waals surface area contributed by atoms with Crippen LogP contribution in [0.5, 0.6) is 0 Å². The first-order valence-corrected chi connectivity index (χ1v) is 7.35. The van der Waals surface area contributed by atoms with Gasteiger partial charge in [-0.3, -0.25) is 10.1 Å². The minimum Gasteiger partial charge on any atom is -0.380 e. The lowest BCUT2D eigenvalue weighted by molar-refractivity contribution is -0.383. The molecule has 3 aromatic rings. The second-order valence-corrected chi connectivity index (χ2v) is 6.15. The molecule has 0 saturated carbocycles. The molecule has 0 aliphatic carbocycles. The van der Waals surface area contributed by atoms with Crippen LogP contribution >= 0.6 is 22.9 Å². The first kappa shape index (κ1) is 13.8. The molecule has 21 heavy (non-hydrogen) atoms. The molecular weight excluding hydrogens is 310 g/mol. The summed E-state index contributed by atoms with van der Waals surface area (Å²) in [5.41, 5.74) is 1.21. The van der Waals surface area contributed by atoms with Crippen LogP contribution < -0.4 is 5.32 Å². The monoisotopic (exact) mass is 319 g/mol. The van der Waals surface area contributed by atoms with Crippen LogP contribution in [-0.2, 0) is 6.54 Å². The van der Waals surface area contributed by atoms with E-state index >= 15 is 0 Å². The number of nitrogens with zero attached hydrogens (tertiary/aromatic N) is 2. The minimum atomic E-state index is -0.418. The number of nitro benzene ring substituents is 1. The fourth-order valence-electron chi connectivity index (χ4n) is 2.09. The highest BCUT2D eigenvalue weighted by atomic mass is 35.5. The molecule has 0 atom stereocenters. The van der Waals surface area contributed by atoms with Crippen LogP contribution in [0.4, 0.5) is 11.4 Å². The molecule has 2 aromatic heterocycles. The maximum absolute atomic E-state index is 11.0. The zero-order chi connectivity index (χ0) is 14.8. The van der Waals surface area contributed by atoms with Gasteiger partial charge in [-0.05, 0) is 30.3 Å². The van der Waals surface area contributed by atoms with Gasteiger partial charge in [0.25, 0.3) is 5.69 Å². The van der Waals surface area contributed by atoms with Crippen molar-refractivity contribution in [1.29, 1.82) is 0 Å². The summed E-state index contributed by atoms with van der Waals surface area (Å²) in [6, 6.07) is 10.6. The Balaban J connectivity index is 1.96. The van der Waals surface area contributed by atoms with Crippen LogP contribution in [0.15, 0.2) is 42.6 Å². The van der Waals surface area contributed by atoms with Crippen molar-refractivity contribution in [2.75, 3.05) is 5.32 Å². The Bertz CT molecular complexity index is 819. The van der Waals surface area contributed by atoms with Crippen molar-refractivity contribution in [3.05, 3.63) is 61.9 Å². The fraction of sp³-hybridized carbons (Fsp3) is 0.0714.